The first-order valence-electron chi connectivity index (χ1n) is 5.59. The molecule has 0 radical (unpaired) electrons. The third-order valence-corrected chi connectivity index (χ3v) is 2.57. The molecule has 18 heavy (non-hydrogen) atoms. The van der Waals surface area contributed by atoms with Gasteiger partial charge in [-0.05, 0) is 29.8 Å². The Bertz CT molecular complexity index is 543. The van der Waals surface area contributed by atoms with Crippen molar-refractivity contribution in [2.45, 2.75) is 6.61 Å². The maximum absolute atomic E-state index is 13.3. The van der Waals surface area contributed by atoms with Crippen LogP contribution in [-0.2, 0) is 11.3 Å². The quantitative estimate of drug-likeness (QED) is 0.814. The highest BCUT2D eigenvalue weighted by Gasteiger charge is 2.04. The van der Waals surface area contributed by atoms with Crippen molar-refractivity contribution in [2.24, 2.45) is 0 Å². The fourth-order valence-electron chi connectivity index (χ4n) is 1.71. The molecule has 3 N–H and O–H groups in total. The number of nitrogens with one attached hydrogen (secondary N) is 1. The van der Waals surface area contributed by atoms with Crippen LogP contribution in [0.5, 0.6) is 0 Å². The van der Waals surface area contributed by atoms with E-state index in [-0.39, 0.29) is 5.69 Å². The summed E-state index contributed by atoms with van der Waals surface area (Å²) in [6.07, 6.45) is 0. The zero-order valence-corrected chi connectivity index (χ0v) is 10.1. The van der Waals surface area contributed by atoms with Crippen LogP contribution in [0, 0.1) is 5.82 Å². The van der Waals surface area contributed by atoms with E-state index in [4.69, 9.17) is 10.5 Å². The number of nitrogen functional groups attached to an aromatic ring is 1. The topological polar surface area (TPSA) is 47.3 Å². The number of hydrogen-bond donors (Lipinski definition) is 2. The summed E-state index contributed by atoms with van der Waals surface area (Å²) in [6, 6.07) is 12.4. The zero-order chi connectivity index (χ0) is 13.0. The molecule has 0 fully saturated rings. The lowest BCUT2D eigenvalue weighted by Gasteiger charge is -2.10. The highest BCUT2D eigenvalue weighted by molar-refractivity contribution is 5.72. The second kappa shape index (κ2) is 5.51. The zero-order valence-electron chi connectivity index (χ0n) is 10.1. The molecule has 0 heterocycles. The monoisotopic (exact) mass is 246 g/mol. The smallest absolute Gasteiger partial charge is 0.148 e. The lowest BCUT2D eigenvalue weighted by Crippen LogP contribution is -1.99. The predicted octanol–water partition coefficient (Wildman–Crippen LogP) is 3.30. The summed E-state index contributed by atoms with van der Waals surface area (Å²) in [4.78, 5) is 0. The van der Waals surface area contributed by atoms with E-state index < -0.39 is 5.82 Å². The van der Waals surface area contributed by atoms with E-state index in [0.29, 0.717) is 12.3 Å². The van der Waals surface area contributed by atoms with Crippen LogP contribution in [0.1, 0.15) is 5.56 Å². The summed E-state index contributed by atoms with van der Waals surface area (Å²) >= 11 is 0. The Labute approximate surface area is 105 Å². The molecule has 0 amide bonds. The second-order valence-electron chi connectivity index (χ2n) is 3.96. The molecule has 2 aromatic rings. The van der Waals surface area contributed by atoms with Crippen molar-refractivity contribution in [2.75, 3.05) is 18.2 Å². The van der Waals surface area contributed by atoms with Crippen molar-refractivity contribution in [3.05, 3.63) is 53.8 Å². The molecule has 0 aliphatic carbocycles. The van der Waals surface area contributed by atoms with E-state index in [0.717, 1.165) is 11.3 Å². The van der Waals surface area contributed by atoms with Crippen molar-refractivity contribution < 1.29 is 9.13 Å². The van der Waals surface area contributed by atoms with Crippen LogP contribution < -0.4 is 11.1 Å². The van der Waals surface area contributed by atoms with E-state index >= 15 is 0 Å². The average molecular weight is 246 g/mol. The maximum atomic E-state index is 13.3. The Hall–Kier alpha value is -2.07. The molecule has 4 heteroatoms. The maximum Gasteiger partial charge on any atom is 0.148 e. The lowest BCUT2D eigenvalue weighted by molar-refractivity contribution is 0.185. The number of anilines is 3. The minimum atomic E-state index is -0.423. The Morgan fingerprint density at radius 3 is 2.78 bits per heavy atom. The molecular weight excluding hydrogens is 231 g/mol. The van der Waals surface area contributed by atoms with Gasteiger partial charge in [0.1, 0.15) is 5.82 Å². The summed E-state index contributed by atoms with van der Waals surface area (Å²) < 4.78 is 18.4. The highest BCUT2D eigenvalue weighted by Crippen LogP contribution is 2.25. The van der Waals surface area contributed by atoms with Crippen LogP contribution in [0.15, 0.2) is 42.5 Å². The van der Waals surface area contributed by atoms with Gasteiger partial charge in [-0.15, -0.1) is 0 Å². The minimum Gasteiger partial charge on any atom is -0.395 e. The van der Waals surface area contributed by atoms with E-state index in [9.17, 15) is 4.39 Å². The molecule has 2 aromatic carbocycles. The predicted molar refractivity (Wildman–Crippen MR) is 71.3 cm³/mol. The van der Waals surface area contributed by atoms with E-state index in [1.165, 1.54) is 6.07 Å². The molecule has 0 saturated carbocycles. The van der Waals surface area contributed by atoms with Crippen LogP contribution in [0.2, 0.25) is 0 Å². The van der Waals surface area contributed by atoms with Crippen molar-refractivity contribution in [3.8, 4) is 0 Å². The summed E-state index contributed by atoms with van der Waals surface area (Å²) in [5.74, 6) is -0.423. The van der Waals surface area contributed by atoms with Gasteiger partial charge in [0.15, 0.2) is 0 Å². The fourth-order valence-corrected chi connectivity index (χ4v) is 1.71. The molecule has 0 spiro atoms. The Balaban J connectivity index is 2.23. The third-order valence-electron chi connectivity index (χ3n) is 2.57. The third kappa shape index (κ3) is 2.78. The number of halogens is 1. The van der Waals surface area contributed by atoms with Gasteiger partial charge in [-0.1, -0.05) is 18.2 Å². The fraction of sp³-hybridized carbons (Fsp3) is 0.143. The molecule has 0 atom stereocenters. The number of benzene rings is 2. The molecule has 0 aliphatic rings. The van der Waals surface area contributed by atoms with Gasteiger partial charge < -0.3 is 15.8 Å². The Kier molecular flexibility index (Phi) is 3.79. The van der Waals surface area contributed by atoms with Crippen molar-refractivity contribution in [1.82, 2.24) is 0 Å². The van der Waals surface area contributed by atoms with Crippen molar-refractivity contribution in [3.63, 3.8) is 0 Å². The molecule has 0 aromatic heterocycles. The first kappa shape index (κ1) is 12.4. The van der Waals surface area contributed by atoms with Gasteiger partial charge in [-0.3, -0.25) is 0 Å². The SMILES string of the molecule is COCc1cccc(Nc2cccc(F)c2N)c1. The van der Waals surface area contributed by atoms with Crippen molar-refractivity contribution in [1.29, 1.82) is 0 Å². The molecule has 0 unspecified atom stereocenters. The largest absolute Gasteiger partial charge is 0.395 e. The molecule has 94 valence electrons. The Morgan fingerprint density at radius 2 is 2.00 bits per heavy atom. The van der Waals surface area contributed by atoms with Gasteiger partial charge in [0.05, 0.1) is 18.0 Å². The molecule has 2 rings (SSSR count). The van der Waals surface area contributed by atoms with Crippen LogP contribution in [0.25, 0.3) is 0 Å². The van der Waals surface area contributed by atoms with Gasteiger partial charge in [-0.25, -0.2) is 4.39 Å². The normalized spacial score (nSPS) is 10.3. The molecule has 0 saturated heterocycles. The summed E-state index contributed by atoms with van der Waals surface area (Å²) in [7, 11) is 1.64. The minimum absolute atomic E-state index is 0.120. The van der Waals surface area contributed by atoms with Gasteiger partial charge in [0.25, 0.3) is 0 Å². The number of rotatable bonds is 4. The van der Waals surface area contributed by atoms with Gasteiger partial charge >= 0.3 is 0 Å². The van der Waals surface area contributed by atoms with Crippen LogP contribution in [0.4, 0.5) is 21.5 Å². The summed E-state index contributed by atoms with van der Waals surface area (Å²) in [5.41, 5.74) is 8.23. The van der Waals surface area contributed by atoms with Gasteiger partial charge in [0.2, 0.25) is 0 Å². The van der Waals surface area contributed by atoms with Gasteiger partial charge in [0, 0.05) is 12.8 Å². The molecule has 3 nitrogen and oxygen atoms in total. The molecule has 0 aliphatic heterocycles. The van der Waals surface area contributed by atoms with Crippen LogP contribution in [0.3, 0.4) is 0 Å². The van der Waals surface area contributed by atoms with E-state index in [1.807, 2.05) is 24.3 Å². The van der Waals surface area contributed by atoms with Crippen molar-refractivity contribution >= 4 is 17.1 Å². The van der Waals surface area contributed by atoms with Crippen LogP contribution in [-0.4, -0.2) is 7.11 Å². The number of methoxy groups -OCH3 is 1. The Morgan fingerprint density at radius 1 is 1.22 bits per heavy atom. The average Bonchev–Trinajstić information content (AvgIpc) is 2.36. The van der Waals surface area contributed by atoms with E-state index in [2.05, 4.69) is 5.32 Å². The number of para-hydroxylation sites is 1. The first-order chi connectivity index (χ1) is 8.70. The number of ether oxygens (including phenoxy) is 1. The highest BCUT2D eigenvalue weighted by atomic mass is 19.1. The lowest BCUT2D eigenvalue weighted by atomic mass is 10.2. The van der Waals surface area contributed by atoms with Crippen LogP contribution >= 0.6 is 0 Å². The van der Waals surface area contributed by atoms with E-state index in [1.54, 1.807) is 19.2 Å². The summed E-state index contributed by atoms with van der Waals surface area (Å²) in [5, 5.41) is 3.09. The number of hydrogen-bond acceptors (Lipinski definition) is 3. The van der Waals surface area contributed by atoms with Gasteiger partial charge in [-0.2, -0.15) is 0 Å². The molecule has 0 bridgehead atoms. The molecular formula is C14H15FN2O. The second-order valence-corrected chi connectivity index (χ2v) is 3.96. The number of nitrogens with two attached hydrogens (primary N) is 1. The summed E-state index contributed by atoms with van der Waals surface area (Å²) in [6.45, 7) is 0.536. The first-order valence-corrected chi connectivity index (χ1v) is 5.59. The standard InChI is InChI=1S/C14H15FN2O/c1-18-9-10-4-2-5-11(8-10)17-13-7-3-6-12(15)14(13)16/h2-8,17H,9,16H2,1H3.